The van der Waals surface area contributed by atoms with Crippen molar-refractivity contribution in [2.75, 3.05) is 13.2 Å². The Kier molecular flexibility index (Phi) is 8.43. The Morgan fingerprint density at radius 1 is 0.974 bits per heavy atom. The van der Waals surface area contributed by atoms with Crippen molar-refractivity contribution in [2.45, 2.75) is 121 Å². The number of ketones is 1. The van der Waals surface area contributed by atoms with Gasteiger partial charge in [-0.05, 0) is 0 Å². The second-order valence-corrected chi connectivity index (χ2v) is 22.1. The molecule has 1 heterocycles. The molecular formula is C33H52O4SeSi. The number of Topliss-reactive ketones (excluding diaryl/α,β-unsaturated/α-hetero) is 1. The zero-order valence-corrected chi connectivity index (χ0v) is 28.2. The maximum atomic E-state index is 14.1. The molecule has 4 aliphatic rings. The van der Waals surface area contributed by atoms with Crippen molar-refractivity contribution in [1.82, 2.24) is 0 Å². The van der Waals surface area contributed by atoms with E-state index in [0.29, 0.717) is 44.9 Å². The third-order valence-electron chi connectivity index (χ3n) is 11.8. The van der Waals surface area contributed by atoms with E-state index in [4.69, 9.17) is 13.9 Å². The molecule has 0 amide bonds. The predicted molar refractivity (Wildman–Crippen MR) is 162 cm³/mol. The van der Waals surface area contributed by atoms with E-state index in [1.807, 2.05) is 0 Å². The molecule has 3 aliphatic carbocycles. The van der Waals surface area contributed by atoms with Gasteiger partial charge in [0.2, 0.25) is 0 Å². The van der Waals surface area contributed by atoms with Crippen LogP contribution >= 0.6 is 0 Å². The van der Waals surface area contributed by atoms with E-state index in [2.05, 4.69) is 78.0 Å². The van der Waals surface area contributed by atoms with Crippen LogP contribution in [0.2, 0.25) is 23.5 Å². The molecule has 0 bridgehead atoms. The third-order valence-corrected chi connectivity index (χ3v) is 18.5. The Labute approximate surface area is 245 Å². The third kappa shape index (κ3) is 5.41. The van der Waals surface area contributed by atoms with Gasteiger partial charge in [-0.15, -0.1) is 0 Å². The maximum absolute atomic E-state index is 14.1. The molecule has 1 aromatic carbocycles. The summed E-state index contributed by atoms with van der Waals surface area (Å²) >= 11 is 0.468. The molecule has 4 nitrogen and oxygen atoms in total. The van der Waals surface area contributed by atoms with Crippen LogP contribution in [0.5, 0.6) is 0 Å². The first-order chi connectivity index (χ1) is 18.3. The van der Waals surface area contributed by atoms with E-state index in [1.54, 1.807) is 0 Å². The van der Waals surface area contributed by atoms with Crippen LogP contribution < -0.4 is 4.46 Å². The summed E-state index contributed by atoms with van der Waals surface area (Å²) in [6.45, 7) is 17.7. The topological polar surface area (TPSA) is 44.8 Å². The second kappa shape index (κ2) is 11.0. The van der Waals surface area contributed by atoms with Gasteiger partial charge in [0.1, 0.15) is 0 Å². The molecule has 218 valence electrons. The van der Waals surface area contributed by atoms with Crippen LogP contribution in [0.15, 0.2) is 30.3 Å². The van der Waals surface area contributed by atoms with Crippen molar-refractivity contribution in [3.63, 3.8) is 0 Å². The zero-order chi connectivity index (χ0) is 28.1. The summed E-state index contributed by atoms with van der Waals surface area (Å²) in [5.41, 5.74) is -0.196. The predicted octanol–water partition coefficient (Wildman–Crippen LogP) is 7.16. The van der Waals surface area contributed by atoms with Crippen molar-refractivity contribution in [1.29, 1.82) is 0 Å². The molecule has 3 saturated carbocycles. The Morgan fingerprint density at radius 2 is 1.64 bits per heavy atom. The summed E-state index contributed by atoms with van der Waals surface area (Å²) in [4.78, 5) is 14.1. The van der Waals surface area contributed by atoms with Gasteiger partial charge in [0, 0.05) is 0 Å². The van der Waals surface area contributed by atoms with Gasteiger partial charge in [0.15, 0.2) is 0 Å². The average molecular weight is 620 g/mol. The van der Waals surface area contributed by atoms with E-state index in [0.717, 1.165) is 51.7 Å². The monoisotopic (exact) mass is 620 g/mol. The van der Waals surface area contributed by atoms with E-state index in [9.17, 15) is 4.79 Å². The number of carbonyl (C=O) groups excluding carboxylic acids is 1. The number of rotatable bonds is 7. The summed E-state index contributed by atoms with van der Waals surface area (Å²) in [5, 5.41) is 1.40. The summed E-state index contributed by atoms with van der Waals surface area (Å²) in [6, 6.07) is 11.0. The number of hydrogen-bond donors (Lipinski definition) is 0. The van der Waals surface area contributed by atoms with Gasteiger partial charge in [0.25, 0.3) is 0 Å². The average Bonchev–Trinajstić information content (AvgIpc) is 3.47. The van der Waals surface area contributed by atoms with Crippen LogP contribution in [0.3, 0.4) is 0 Å². The molecule has 2 unspecified atom stereocenters. The first-order valence-electron chi connectivity index (χ1n) is 15.5. The molecule has 1 aliphatic heterocycles. The fourth-order valence-corrected chi connectivity index (χ4v) is 11.9. The fraction of sp³-hybridized carbons (Fsp3) is 0.788. The van der Waals surface area contributed by atoms with E-state index in [1.165, 1.54) is 16.2 Å². The number of fused-ring (bicyclic) bond motifs is 2. The minimum absolute atomic E-state index is 0.0481. The molecule has 1 spiro atoms. The normalized spacial score (nSPS) is 36.8. The minimum atomic E-state index is -1.90. The van der Waals surface area contributed by atoms with E-state index >= 15 is 0 Å². The Morgan fingerprint density at radius 3 is 2.28 bits per heavy atom. The Hall–Kier alpha value is -0.494. The van der Waals surface area contributed by atoms with Crippen molar-refractivity contribution in [3.05, 3.63) is 30.3 Å². The molecule has 5 rings (SSSR count). The quantitative estimate of drug-likeness (QED) is 0.304. The van der Waals surface area contributed by atoms with Crippen molar-refractivity contribution in [3.8, 4) is 0 Å². The van der Waals surface area contributed by atoms with Gasteiger partial charge in [-0.25, -0.2) is 0 Å². The van der Waals surface area contributed by atoms with Crippen LogP contribution in [0, 0.1) is 28.6 Å². The standard InChI is InChI=1S/C33H52O4SeSi/c1-30(2,3)39(6,7)37-24-13-17-31(4,29(34)23-24)27-14-18-32(5)28(15-19-33(32)35-20-21-36-33)26(27)16-22-38-25-11-9-8-10-12-25/h8-12,24,26-28H,13-23H2,1-7H3/t24-,26+,27?,28?,31+,32-/m0/s1. The van der Waals surface area contributed by atoms with E-state index in [-0.39, 0.29) is 22.0 Å². The van der Waals surface area contributed by atoms with Gasteiger partial charge in [-0.3, -0.25) is 0 Å². The summed E-state index contributed by atoms with van der Waals surface area (Å²) in [7, 11) is -1.90. The van der Waals surface area contributed by atoms with Gasteiger partial charge in [0.05, 0.1) is 0 Å². The molecule has 6 heteroatoms. The van der Waals surface area contributed by atoms with Crippen LogP contribution in [0.1, 0.15) is 86.0 Å². The van der Waals surface area contributed by atoms with Crippen LogP contribution in [-0.2, 0) is 18.7 Å². The first-order valence-corrected chi connectivity index (χ1v) is 20.5. The summed E-state index contributed by atoms with van der Waals surface area (Å²) < 4.78 is 21.1. The van der Waals surface area contributed by atoms with Crippen molar-refractivity contribution in [2.24, 2.45) is 28.6 Å². The fourth-order valence-electron chi connectivity index (χ4n) is 8.42. The molecule has 4 fully saturated rings. The van der Waals surface area contributed by atoms with Crippen molar-refractivity contribution >= 4 is 33.5 Å². The first kappa shape index (κ1) is 30.0. The van der Waals surface area contributed by atoms with Crippen molar-refractivity contribution < 1.29 is 18.7 Å². The Bertz CT molecular complexity index is 1020. The molecule has 39 heavy (non-hydrogen) atoms. The Balaban J connectivity index is 1.35. The van der Waals surface area contributed by atoms with Gasteiger partial charge < -0.3 is 0 Å². The van der Waals surface area contributed by atoms with Crippen LogP contribution in [-0.4, -0.2) is 54.2 Å². The zero-order valence-electron chi connectivity index (χ0n) is 25.5. The van der Waals surface area contributed by atoms with Gasteiger partial charge in [-0.1, -0.05) is 0 Å². The number of hydrogen-bond acceptors (Lipinski definition) is 4. The SMILES string of the molecule is CC(C)(C)[Si](C)(C)O[C@H]1CC[C@](C)(C2CC[C@@]3(C)C(CCC34OCCO4)[C@@H]2CC[Se]c2ccccc2)C(=O)C1. The second-order valence-electron chi connectivity index (χ2n) is 14.9. The molecule has 6 atom stereocenters. The molecular weight excluding hydrogens is 567 g/mol. The molecule has 0 N–H and O–H groups in total. The van der Waals surface area contributed by atoms with Crippen LogP contribution in [0.4, 0.5) is 0 Å². The summed E-state index contributed by atoms with van der Waals surface area (Å²) in [5.74, 6) is 1.62. The van der Waals surface area contributed by atoms with Gasteiger partial charge >= 0.3 is 246 Å². The molecule has 1 saturated heterocycles. The molecule has 1 aromatic rings. The van der Waals surface area contributed by atoms with Crippen LogP contribution in [0.25, 0.3) is 0 Å². The number of ether oxygens (including phenoxy) is 2. The van der Waals surface area contributed by atoms with Gasteiger partial charge in [-0.2, -0.15) is 0 Å². The van der Waals surface area contributed by atoms with E-state index < -0.39 is 14.1 Å². The summed E-state index contributed by atoms with van der Waals surface area (Å²) in [6.07, 6.45) is 8.28. The molecule has 0 aromatic heterocycles. The number of carbonyl (C=O) groups is 1. The number of benzene rings is 1. The molecule has 0 radical (unpaired) electrons.